The maximum atomic E-state index is 13.1. The van der Waals surface area contributed by atoms with E-state index in [4.69, 9.17) is 21.5 Å². The molecule has 0 atom stereocenters. The minimum atomic E-state index is -0.541. The van der Waals surface area contributed by atoms with E-state index in [0.29, 0.717) is 5.56 Å². The van der Waals surface area contributed by atoms with Crippen LogP contribution >= 0.6 is 11.6 Å². The second kappa shape index (κ2) is 4.41. The Morgan fingerprint density at radius 3 is 2.85 bits per heavy atom. The van der Waals surface area contributed by atoms with E-state index in [1.54, 1.807) is 0 Å². The molecule has 2 N–H and O–H groups in total. The fourth-order valence-electron chi connectivity index (χ4n) is 1.06. The van der Waals surface area contributed by atoms with Crippen molar-refractivity contribution in [3.05, 3.63) is 28.5 Å². The molecule has 0 saturated heterocycles. The SMILES string of the molecule is COc1c(F)cc(Cl)cc1CNO. The van der Waals surface area contributed by atoms with Gasteiger partial charge in [-0.15, -0.1) is 0 Å². The Kier molecular flexibility index (Phi) is 3.48. The van der Waals surface area contributed by atoms with Crippen LogP contribution in [-0.4, -0.2) is 12.3 Å². The summed E-state index contributed by atoms with van der Waals surface area (Å²) in [6.07, 6.45) is 0. The molecule has 1 aromatic carbocycles. The van der Waals surface area contributed by atoms with E-state index in [0.717, 1.165) is 6.07 Å². The molecular weight excluding hydrogens is 197 g/mol. The summed E-state index contributed by atoms with van der Waals surface area (Å²) in [5.74, 6) is -0.453. The Morgan fingerprint density at radius 2 is 2.31 bits per heavy atom. The van der Waals surface area contributed by atoms with E-state index in [2.05, 4.69) is 0 Å². The van der Waals surface area contributed by atoms with Crippen LogP contribution < -0.4 is 10.2 Å². The van der Waals surface area contributed by atoms with Crippen molar-refractivity contribution in [2.75, 3.05) is 7.11 Å². The molecule has 1 rings (SSSR count). The number of hydrogen-bond acceptors (Lipinski definition) is 3. The first kappa shape index (κ1) is 10.2. The van der Waals surface area contributed by atoms with E-state index < -0.39 is 5.82 Å². The molecule has 0 aliphatic heterocycles. The van der Waals surface area contributed by atoms with Crippen LogP contribution in [0.3, 0.4) is 0 Å². The fourth-order valence-corrected chi connectivity index (χ4v) is 1.29. The zero-order valence-electron chi connectivity index (χ0n) is 6.97. The summed E-state index contributed by atoms with van der Waals surface area (Å²) >= 11 is 5.61. The van der Waals surface area contributed by atoms with Gasteiger partial charge < -0.3 is 9.94 Å². The molecule has 0 aromatic heterocycles. The molecule has 0 spiro atoms. The van der Waals surface area contributed by atoms with Crippen LogP contribution in [0, 0.1) is 5.82 Å². The van der Waals surface area contributed by atoms with E-state index in [1.807, 2.05) is 5.48 Å². The zero-order valence-corrected chi connectivity index (χ0v) is 7.73. The topological polar surface area (TPSA) is 41.5 Å². The second-order valence-electron chi connectivity index (χ2n) is 2.41. The van der Waals surface area contributed by atoms with Gasteiger partial charge in [0.1, 0.15) is 0 Å². The van der Waals surface area contributed by atoms with Crippen LogP contribution in [0.4, 0.5) is 4.39 Å². The van der Waals surface area contributed by atoms with E-state index >= 15 is 0 Å². The zero-order chi connectivity index (χ0) is 9.84. The van der Waals surface area contributed by atoms with Gasteiger partial charge in [-0.25, -0.2) is 9.87 Å². The highest BCUT2D eigenvalue weighted by molar-refractivity contribution is 6.30. The molecule has 0 amide bonds. The van der Waals surface area contributed by atoms with Gasteiger partial charge in [-0.2, -0.15) is 0 Å². The van der Waals surface area contributed by atoms with E-state index in [-0.39, 0.29) is 17.3 Å². The molecule has 5 heteroatoms. The minimum absolute atomic E-state index is 0.0840. The largest absolute Gasteiger partial charge is 0.493 e. The van der Waals surface area contributed by atoms with Crippen molar-refractivity contribution in [1.82, 2.24) is 5.48 Å². The molecule has 0 aliphatic rings. The Labute approximate surface area is 80.0 Å². The molecule has 0 aliphatic carbocycles. The van der Waals surface area contributed by atoms with Crippen molar-refractivity contribution in [2.45, 2.75) is 6.54 Å². The Morgan fingerprint density at radius 1 is 1.62 bits per heavy atom. The number of ether oxygens (including phenoxy) is 1. The van der Waals surface area contributed by atoms with Crippen LogP contribution in [0.2, 0.25) is 5.02 Å². The molecule has 72 valence electrons. The van der Waals surface area contributed by atoms with Gasteiger partial charge in [0.2, 0.25) is 0 Å². The van der Waals surface area contributed by atoms with Crippen molar-refractivity contribution in [1.29, 1.82) is 0 Å². The average Bonchev–Trinajstić information content (AvgIpc) is 2.04. The molecule has 0 bridgehead atoms. The third kappa shape index (κ3) is 2.30. The normalized spacial score (nSPS) is 10.2. The minimum Gasteiger partial charge on any atom is -0.493 e. The first-order valence-corrected chi connectivity index (χ1v) is 3.95. The smallest absolute Gasteiger partial charge is 0.166 e. The second-order valence-corrected chi connectivity index (χ2v) is 2.85. The lowest BCUT2D eigenvalue weighted by Gasteiger charge is -2.08. The summed E-state index contributed by atoms with van der Waals surface area (Å²) < 4.78 is 17.9. The van der Waals surface area contributed by atoms with Crippen LogP contribution in [0.25, 0.3) is 0 Å². The lowest BCUT2D eigenvalue weighted by molar-refractivity contribution is 0.160. The first-order valence-electron chi connectivity index (χ1n) is 3.58. The van der Waals surface area contributed by atoms with Gasteiger partial charge in [-0.1, -0.05) is 11.6 Å². The van der Waals surface area contributed by atoms with Crippen LogP contribution in [0.5, 0.6) is 5.75 Å². The van der Waals surface area contributed by atoms with E-state index in [1.165, 1.54) is 13.2 Å². The van der Waals surface area contributed by atoms with Gasteiger partial charge in [0.15, 0.2) is 11.6 Å². The van der Waals surface area contributed by atoms with Gasteiger partial charge >= 0.3 is 0 Å². The summed E-state index contributed by atoms with van der Waals surface area (Å²) in [5.41, 5.74) is 2.38. The summed E-state index contributed by atoms with van der Waals surface area (Å²) in [6, 6.07) is 2.67. The highest BCUT2D eigenvalue weighted by Gasteiger charge is 2.10. The van der Waals surface area contributed by atoms with Crippen molar-refractivity contribution < 1.29 is 14.3 Å². The lowest BCUT2D eigenvalue weighted by atomic mass is 10.2. The molecule has 3 nitrogen and oxygen atoms in total. The predicted molar refractivity (Wildman–Crippen MR) is 46.6 cm³/mol. The highest BCUT2D eigenvalue weighted by Crippen LogP contribution is 2.26. The third-order valence-electron chi connectivity index (χ3n) is 1.56. The summed E-state index contributed by atoms with van der Waals surface area (Å²) in [4.78, 5) is 0. The molecule has 13 heavy (non-hydrogen) atoms. The summed E-state index contributed by atoms with van der Waals surface area (Å²) in [6.45, 7) is 0.0840. The van der Waals surface area contributed by atoms with Gasteiger partial charge in [0, 0.05) is 17.1 Å². The maximum Gasteiger partial charge on any atom is 0.166 e. The van der Waals surface area contributed by atoms with E-state index in [9.17, 15) is 4.39 Å². The van der Waals surface area contributed by atoms with Crippen LogP contribution in [-0.2, 0) is 6.54 Å². The fraction of sp³-hybridized carbons (Fsp3) is 0.250. The molecule has 0 saturated carbocycles. The lowest BCUT2D eigenvalue weighted by Crippen LogP contribution is -2.08. The van der Waals surface area contributed by atoms with Gasteiger partial charge in [0.25, 0.3) is 0 Å². The first-order chi connectivity index (χ1) is 6.19. The number of halogens is 2. The van der Waals surface area contributed by atoms with Crippen molar-refractivity contribution >= 4 is 11.6 Å². The van der Waals surface area contributed by atoms with Crippen molar-refractivity contribution in [2.24, 2.45) is 0 Å². The monoisotopic (exact) mass is 205 g/mol. The van der Waals surface area contributed by atoms with Gasteiger partial charge in [0.05, 0.1) is 7.11 Å². The standard InChI is InChI=1S/C8H9ClFNO2/c1-13-8-5(4-11-12)2-6(9)3-7(8)10/h2-3,11-12H,4H2,1H3. The molecule has 0 radical (unpaired) electrons. The van der Waals surface area contributed by atoms with Gasteiger partial charge in [-0.05, 0) is 12.1 Å². The maximum absolute atomic E-state index is 13.1. The number of nitrogens with one attached hydrogen (secondary N) is 1. The predicted octanol–water partition coefficient (Wildman–Crippen LogP) is 1.97. The van der Waals surface area contributed by atoms with Crippen LogP contribution in [0.15, 0.2) is 12.1 Å². The van der Waals surface area contributed by atoms with Crippen molar-refractivity contribution in [3.63, 3.8) is 0 Å². The average molecular weight is 206 g/mol. The number of hydroxylamine groups is 1. The highest BCUT2D eigenvalue weighted by atomic mass is 35.5. The van der Waals surface area contributed by atoms with Crippen molar-refractivity contribution in [3.8, 4) is 5.75 Å². The van der Waals surface area contributed by atoms with Crippen LogP contribution in [0.1, 0.15) is 5.56 Å². The number of benzene rings is 1. The quantitative estimate of drug-likeness (QED) is 0.742. The third-order valence-corrected chi connectivity index (χ3v) is 1.78. The molecule has 0 heterocycles. The molecule has 1 aromatic rings. The van der Waals surface area contributed by atoms with Gasteiger partial charge in [-0.3, -0.25) is 0 Å². The summed E-state index contributed by atoms with van der Waals surface area (Å²) in [7, 11) is 1.35. The number of hydrogen-bond donors (Lipinski definition) is 2. The summed E-state index contributed by atoms with van der Waals surface area (Å²) in [5, 5.41) is 8.72. The molecule has 0 unspecified atom stereocenters. The number of rotatable bonds is 3. The molecule has 0 fully saturated rings. The Hall–Kier alpha value is -0.840. The number of methoxy groups -OCH3 is 1. The Bertz CT molecular complexity index is 306. The Balaban J connectivity index is 3.13. The molecular formula is C8H9ClFNO2.